The Morgan fingerprint density at radius 3 is 2.32 bits per heavy atom. The average molecular weight is 338 g/mol. The maximum absolute atomic E-state index is 12.6. The molecule has 3 amide bonds. The molecule has 0 saturated heterocycles. The van der Waals surface area contributed by atoms with Crippen LogP contribution in [0.25, 0.3) is 0 Å². The highest BCUT2D eigenvalue weighted by Gasteiger charge is 2.42. The van der Waals surface area contributed by atoms with Crippen LogP contribution in [0.3, 0.4) is 0 Å². The lowest BCUT2D eigenvalue weighted by molar-refractivity contribution is 0.0507. The lowest BCUT2D eigenvalue weighted by atomic mass is 10.1. The molecule has 0 bridgehead atoms. The fourth-order valence-corrected chi connectivity index (χ4v) is 2.78. The van der Waals surface area contributed by atoms with Crippen molar-refractivity contribution in [2.75, 3.05) is 5.32 Å². The molecule has 2 aromatic rings. The van der Waals surface area contributed by atoms with Gasteiger partial charge in [0.05, 0.1) is 11.1 Å². The monoisotopic (exact) mass is 338 g/mol. The van der Waals surface area contributed by atoms with Crippen LogP contribution in [0.4, 0.5) is 5.69 Å². The lowest BCUT2D eigenvalue weighted by Gasteiger charge is -2.29. The van der Waals surface area contributed by atoms with Gasteiger partial charge in [-0.3, -0.25) is 19.3 Å². The first-order valence-electron chi connectivity index (χ1n) is 7.82. The topological polar surface area (TPSA) is 86.7 Å². The predicted molar refractivity (Wildman–Crippen MR) is 92.8 cm³/mol. The highest BCUT2D eigenvalue weighted by molar-refractivity contribution is 6.22. The van der Waals surface area contributed by atoms with Crippen molar-refractivity contribution in [3.8, 4) is 5.75 Å². The van der Waals surface area contributed by atoms with E-state index in [-0.39, 0.29) is 22.8 Å². The minimum absolute atomic E-state index is 0.0355. The molecule has 2 aromatic carbocycles. The van der Waals surface area contributed by atoms with Crippen LogP contribution in [0.2, 0.25) is 0 Å². The molecular weight excluding hydrogens is 320 g/mol. The molecular formula is C19H18N2O4. The number of imide groups is 1. The minimum Gasteiger partial charge on any atom is -0.508 e. The third-order valence-electron chi connectivity index (χ3n) is 3.92. The molecule has 6 heteroatoms. The van der Waals surface area contributed by atoms with Gasteiger partial charge in [0.15, 0.2) is 0 Å². The molecule has 0 radical (unpaired) electrons. The maximum atomic E-state index is 12.6. The molecule has 0 fully saturated rings. The quantitative estimate of drug-likeness (QED) is 0.824. The van der Waals surface area contributed by atoms with Crippen molar-refractivity contribution < 1.29 is 19.5 Å². The highest BCUT2D eigenvalue weighted by atomic mass is 16.3. The lowest BCUT2D eigenvalue weighted by Crippen LogP contribution is -2.45. The van der Waals surface area contributed by atoms with Gasteiger partial charge in [-0.25, -0.2) is 0 Å². The number of aromatic hydroxyl groups is 1. The van der Waals surface area contributed by atoms with Gasteiger partial charge in [0.1, 0.15) is 5.75 Å². The van der Waals surface area contributed by atoms with E-state index in [1.165, 1.54) is 35.2 Å². The number of hydrogen-bond acceptors (Lipinski definition) is 4. The standard InChI is InChI=1S/C19H18N2O4/c1-19(2,3)21-17(24)14-8-7-11(9-15(14)18(21)25)16(23)20-12-5-4-6-13(22)10-12/h4-10,22H,1-3H3,(H,20,23). The number of nitrogens with one attached hydrogen (secondary N) is 1. The third kappa shape index (κ3) is 2.98. The first kappa shape index (κ1) is 16.7. The molecule has 128 valence electrons. The van der Waals surface area contributed by atoms with Gasteiger partial charge >= 0.3 is 0 Å². The number of amides is 3. The summed E-state index contributed by atoms with van der Waals surface area (Å²) in [6.07, 6.45) is 0. The third-order valence-corrected chi connectivity index (χ3v) is 3.92. The van der Waals surface area contributed by atoms with Gasteiger partial charge in [0, 0.05) is 22.9 Å². The molecule has 0 aliphatic carbocycles. The summed E-state index contributed by atoms with van der Waals surface area (Å²) in [7, 11) is 0. The zero-order chi connectivity index (χ0) is 18.4. The van der Waals surface area contributed by atoms with Gasteiger partial charge in [-0.15, -0.1) is 0 Å². The SMILES string of the molecule is CC(C)(C)N1C(=O)c2ccc(C(=O)Nc3cccc(O)c3)cc2C1=O. The van der Waals surface area contributed by atoms with Crippen LogP contribution in [0, 0.1) is 0 Å². The highest BCUT2D eigenvalue weighted by Crippen LogP contribution is 2.30. The van der Waals surface area contributed by atoms with Crippen LogP contribution in [-0.2, 0) is 0 Å². The van der Waals surface area contributed by atoms with E-state index in [0.717, 1.165) is 0 Å². The molecule has 3 rings (SSSR count). The number of rotatable bonds is 2. The molecule has 6 nitrogen and oxygen atoms in total. The summed E-state index contributed by atoms with van der Waals surface area (Å²) >= 11 is 0. The van der Waals surface area contributed by atoms with Gasteiger partial charge in [0.2, 0.25) is 0 Å². The second-order valence-electron chi connectivity index (χ2n) is 6.88. The van der Waals surface area contributed by atoms with Crippen LogP contribution in [-0.4, -0.2) is 33.3 Å². The Balaban J connectivity index is 1.90. The summed E-state index contributed by atoms with van der Waals surface area (Å²) in [5.74, 6) is -1.15. The van der Waals surface area contributed by atoms with Crippen molar-refractivity contribution in [3.63, 3.8) is 0 Å². The van der Waals surface area contributed by atoms with Crippen molar-refractivity contribution in [2.24, 2.45) is 0 Å². The molecule has 1 heterocycles. The van der Waals surface area contributed by atoms with Gasteiger partial charge in [-0.1, -0.05) is 6.07 Å². The number of anilines is 1. The minimum atomic E-state index is -0.642. The first-order chi connectivity index (χ1) is 11.7. The van der Waals surface area contributed by atoms with Gasteiger partial charge in [0.25, 0.3) is 17.7 Å². The number of carbonyl (C=O) groups is 3. The number of fused-ring (bicyclic) bond motifs is 1. The van der Waals surface area contributed by atoms with Crippen LogP contribution in [0.5, 0.6) is 5.75 Å². The zero-order valence-corrected chi connectivity index (χ0v) is 14.2. The van der Waals surface area contributed by atoms with Gasteiger partial charge in [-0.2, -0.15) is 0 Å². The molecule has 25 heavy (non-hydrogen) atoms. The van der Waals surface area contributed by atoms with Crippen LogP contribution in [0.15, 0.2) is 42.5 Å². The Kier molecular flexibility index (Phi) is 3.83. The van der Waals surface area contributed by atoms with E-state index in [4.69, 9.17) is 0 Å². The van der Waals surface area contributed by atoms with E-state index in [1.807, 2.05) is 0 Å². The number of benzene rings is 2. The molecule has 1 aliphatic rings. The van der Waals surface area contributed by atoms with E-state index in [0.29, 0.717) is 11.3 Å². The number of nitrogens with zero attached hydrogens (tertiary/aromatic N) is 1. The summed E-state index contributed by atoms with van der Waals surface area (Å²) in [6.45, 7) is 5.35. The summed E-state index contributed by atoms with van der Waals surface area (Å²) in [6, 6.07) is 10.6. The van der Waals surface area contributed by atoms with Crippen LogP contribution in [0.1, 0.15) is 51.8 Å². The Hall–Kier alpha value is -3.15. The summed E-state index contributed by atoms with van der Waals surface area (Å²) < 4.78 is 0. The van der Waals surface area contributed by atoms with Crippen molar-refractivity contribution in [2.45, 2.75) is 26.3 Å². The predicted octanol–water partition coefficient (Wildman–Crippen LogP) is 3.04. The second kappa shape index (κ2) is 5.73. The zero-order valence-electron chi connectivity index (χ0n) is 14.2. The Morgan fingerprint density at radius 1 is 1.00 bits per heavy atom. The van der Waals surface area contributed by atoms with Gasteiger partial charge < -0.3 is 10.4 Å². The number of carbonyl (C=O) groups excluding carboxylic acids is 3. The van der Waals surface area contributed by atoms with E-state index in [9.17, 15) is 19.5 Å². The van der Waals surface area contributed by atoms with Crippen molar-refractivity contribution in [3.05, 3.63) is 59.2 Å². The summed E-state index contributed by atoms with van der Waals surface area (Å²) in [5, 5.41) is 12.1. The second-order valence-corrected chi connectivity index (χ2v) is 6.88. The van der Waals surface area contributed by atoms with Gasteiger partial charge in [-0.05, 0) is 51.1 Å². The summed E-state index contributed by atoms with van der Waals surface area (Å²) in [5.41, 5.74) is 0.581. The number of phenols is 1. The Bertz CT molecular complexity index is 897. The molecule has 0 aromatic heterocycles. The average Bonchev–Trinajstić information content (AvgIpc) is 2.78. The molecule has 0 atom stereocenters. The fourth-order valence-electron chi connectivity index (χ4n) is 2.78. The Labute approximate surface area is 145 Å². The van der Waals surface area contributed by atoms with Crippen LogP contribution >= 0.6 is 0 Å². The molecule has 0 saturated carbocycles. The molecule has 0 unspecified atom stereocenters. The van der Waals surface area contributed by atoms with E-state index < -0.39 is 17.4 Å². The molecule has 0 spiro atoms. The van der Waals surface area contributed by atoms with Crippen molar-refractivity contribution in [1.29, 1.82) is 0 Å². The summed E-state index contributed by atoms with van der Waals surface area (Å²) in [4.78, 5) is 38.6. The van der Waals surface area contributed by atoms with Crippen LogP contribution < -0.4 is 5.32 Å². The van der Waals surface area contributed by atoms with Crippen molar-refractivity contribution >= 4 is 23.4 Å². The number of hydrogen-bond donors (Lipinski definition) is 2. The van der Waals surface area contributed by atoms with Crippen molar-refractivity contribution in [1.82, 2.24) is 4.90 Å². The normalized spacial score (nSPS) is 13.8. The molecule has 2 N–H and O–H groups in total. The maximum Gasteiger partial charge on any atom is 0.262 e. The first-order valence-corrected chi connectivity index (χ1v) is 7.82. The smallest absolute Gasteiger partial charge is 0.262 e. The Morgan fingerprint density at radius 2 is 1.68 bits per heavy atom. The van der Waals surface area contributed by atoms with E-state index in [2.05, 4.69) is 5.32 Å². The number of phenolic OH excluding ortho intramolecular Hbond substituents is 1. The fraction of sp³-hybridized carbons (Fsp3) is 0.211. The van der Waals surface area contributed by atoms with E-state index in [1.54, 1.807) is 32.9 Å². The van der Waals surface area contributed by atoms with E-state index >= 15 is 0 Å². The molecule has 1 aliphatic heterocycles. The largest absolute Gasteiger partial charge is 0.508 e.